The minimum atomic E-state index is -0.476. The number of nitrogens with zero attached hydrogens (tertiary/aromatic N) is 1. The van der Waals surface area contributed by atoms with Crippen LogP contribution in [0.5, 0.6) is 5.75 Å². The zero-order valence-electron chi connectivity index (χ0n) is 14.2. The molecule has 6 nitrogen and oxygen atoms in total. The standard InChI is InChI=1S/C19H14ClIN2O4/c1-26-19(25)11-4-2-5-12(8-11)23-16(24)10-27-18-15(21)9-14(20)13-6-3-7-22-17(13)18/h2-9H,10H2,1H3,(H,23,24). The van der Waals surface area contributed by atoms with Gasteiger partial charge in [0.1, 0.15) is 5.52 Å². The van der Waals surface area contributed by atoms with Crippen LogP contribution in [0.2, 0.25) is 5.02 Å². The van der Waals surface area contributed by atoms with E-state index < -0.39 is 5.97 Å². The van der Waals surface area contributed by atoms with Gasteiger partial charge >= 0.3 is 5.97 Å². The maximum atomic E-state index is 12.2. The van der Waals surface area contributed by atoms with E-state index >= 15 is 0 Å². The van der Waals surface area contributed by atoms with Crippen molar-refractivity contribution in [1.82, 2.24) is 4.98 Å². The maximum Gasteiger partial charge on any atom is 0.337 e. The van der Waals surface area contributed by atoms with Crippen molar-refractivity contribution < 1.29 is 19.1 Å². The van der Waals surface area contributed by atoms with Gasteiger partial charge in [-0.05, 0) is 59.0 Å². The molecule has 1 aromatic heterocycles. The molecule has 0 fully saturated rings. The van der Waals surface area contributed by atoms with Crippen LogP contribution in [-0.2, 0) is 9.53 Å². The van der Waals surface area contributed by atoms with Gasteiger partial charge in [0.15, 0.2) is 12.4 Å². The molecule has 0 saturated carbocycles. The number of nitrogens with one attached hydrogen (secondary N) is 1. The maximum absolute atomic E-state index is 12.2. The van der Waals surface area contributed by atoms with Crippen LogP contribution in [0.15, 0.2) is 48.7 Å². The third kappa shape index (κ3) is 4.48. The summed E-state index contributed by atoms with van der Waals surface area (Å²) >= 11 is 8.33. The van der Waals surface area contributed by atoms with Crippen molar-refractivity contribution in [3.63, 3.8) is 0 Å². The van der Waals surface area contributed by atoms with Gasteiger partial charge in [-0.1, -0.05) is 17.7 Å². The highest BCUT2D eigenvalue weighted by Gasteiger charge is 2.14. The Bertz CT molecular complexity index is 1030. The summed E-state index contributed by atoms with van der Waals surface area (Å²) in [6, 6.07) is 11.9. The van der Waals surface area contributed by atoms with E-state index in [2.05, 4.69) is 37.6 Å². The number of rotatable bonds is 5. The van der Waals surface area contributed by atoms with E-state index in [1.54, 1.807) is 36.5 Å². The van der Waals surface area contributed by atoms with E-state index in [0.717, 1.165) is 8.96 Å². The van der Waals surface area contributed by atoms with E-state index in [-0.39, 0.29) is 12.5 Å². The second-order valence-electron chi connectivity index (χ2n) is 5.48. The number of halogens is 2. The number of esters is 1. The number of carbonyl (C=O) groups is 2. The lowest BCUT2D eigenvalue weighted by atomic mass is 10.2. The van der Waals surface area contributed by atoms with Crippen LogP contribution < -0.4 is 10.1 Å². The quantitative estimate of drug-likeness (QED) is 0.421. The molecule has 1 N–H and O–H groups in total. The minimum absolute atomic E-state index is 0.217. The zero-order valence-corrected chi connectivity index (χ0v) is 17.1. The predicted octanol–water partition coefficient (Wildman–Crippen LogP) is 4.30. The number of anilines is 1. The number of fused-ring (bicyclic) bond motifs is 1. The van der Waals surface area contributed by atoms with Crippen LogP contribution in [0, 0.1) is 3.57 Å². The number of ether oxygens (including phenoxy) is 2. The van der Waals surface area contributed by atoms with E-state index in [0.29, 0.717) is 27.5 Å². The molecule has 0 radical (unpaired) electrons. The summed E-state index contributed by atoms with van der Waals surface area (Å²) in [6.45, 7) is -0.217. The van der Waals surface area contributed by atoms with E-state index in [1.165, 1.54) is 13.2 Å². The van der Waals surface area contributed by atoms with E-state index in [9.17, 15) is 9.59 Å². The molecule has 1 amide bonds. The fourth-order valence-corrected chi connectivity index (χ4v) is 3.63. The van der Waals surface area contributed by atoms with Crippen molar-refractivity contribution in [3.8, 4) is 5.75 Å². The van der Waals surface area contributed by atoms with Crippen LogP contribution in [0.25, 0.3) is 10.9 Å². The molecule has 0 bridgehead atoms. The lowest BCUT2D eigenvalue weighted by molar-refractivity contribution is -0.118. The summed E-state index contributed by atoms with van der Waals surface area (Å²) in [5.74, 6) is -0.350. The first kappa shape index (κ1) is 19.4. The van der Waals surface area contributed by atoms with Gasteiger partial charge in [0.2, 0.25) is 0 Å². The van der Waals surface area contributed by atoms with Gasteiger partial charge in [-0.3, -0.25) is 9.78 Å². The Morgan fingerprint density at radius 3 is 2.81 bits per heavy atom. The highest BCUT2D eigenvalue weighted by atomic mass is 127. The first-order chi connectivity index (χ1) is 13.0. The number of pyridine rings is 1. The van der Waals surface area contributed by atoms with Gasteiger partial charge < -0.3 is 14.8 Å². The molecule has 3 aromatic rings. The number of hydrogen-bond donors (Lipinski definition) is 1. The van der Waals surface area contributed by atoms with Gasteiger partial charge in [-0.15, -0.1) is 0 Å². The second-order valence-corrected chi connectivity index (χ2v) is 7.05. The monoisotopic (exact) mass is 496 g/mol. The number of amides is 1. The van der Waals surface area contributed by atoms with Crippen molar-refractivity contribution in [2.75, 3.05) is 19.0 Å². The summed E-state index contributed by atoms with van der Waals surface area (Å²) in [5, 5.41) is 4.01. The topological polar surface area (TPSA) is 77.5 Å². The summed E-state index contributed by atoms with van der Waals surface area (Å²) in [4.78, 5) is 28.1. The average molecular weight is 497 g/mol. The van der Waals surface area contributed by atoms with Crippen molar-refractivity contribution >= 4 is 62.7 Å². The van der Waals surface area contributed by atoms with Crippen molar-refractivity contribution in [3.05, 3.63) is 62.8 Å². The summed E-state index contributed by atoms with van der Waals surface area (Å²) in [6.07, 6.45) is 1.64. The number of hydrogen-bond acceptors (Lipinski definition) is 5. The summed E-state index contributed by atoms with van der Waals surface area (Å²) < 4.78 is 11.1. The molecule has 0 aliphatic heterocycles. The lowest BCUT2D eigenvalue weighted by Crippen LogP contribution is -2.20. The van der Waals surface area contributed by atoms with Crippen LogP contribution in [0.3, 0.4) is 0 Å². The van der Waals surface area contributed by atoms with Gasteiger partial charge in [0, 0.05) is 17.3 Å². The molecule has 0 unspecified atom stereocenters. The number of aromatic nitrogens is 1. The van der Waals surface area contributed by atoms with Gasteiger partial charge in [-0.25, -0.2) is 4.79 Å². The fourth-order valence-electron chi connectivity index (χ4n) is 2.46. The Morgan fingerprint density at radius 2 is 2.04 bits per heavy atom. The number of carbonyl (C=O) groups excluding carboxylic acids is 2. The molecule has 0 aliphatic rings. The lowest BCUT2D eigenvalue weighted by Gasteiger charge is -2.12. The normalized spacial score (nSPS) is 10.5. The highest BCUT2D eigenvalue weighted by Crippen LogP contribution is 2.34. The molecular formula is C19H14ClIN2O4. The van der Waals surface area contributed by atoms with Crippen molar-refractivity contribution in [2.24, 2.45) is 0 Å². The first-order valence-electron chi connectivity index (χ1n) is 7.83. The molecule has 2 aromatic carbocycles. The second kappa shape index (κ2) is 8.53. The summed E-state index contributed by atoms with van der Waals surface area (Å²) in [7, 11) is 1.30. The number of methoxy groups -OCH3 is 1. The van der Waals surface area contributed by atoms with Crippen LogP contribution in [0.4, 0.5) is 5.69 Å². The molecule has 0 saturated heterocycles. The minimum Gasteiger partial charge on any atom is -0.480 e. The summed E-state index contributed by atoms with van der Waals surface area (Å²) in [5.41, 5.74) is 1.41. The Balaban J connectivity index is 1.74. The Morgan fingerprint density at radius 1 is 1.22 bits per heavy atom. The zero-order chi connectivity index (χ0) is 19.4. The Labute approximate surface area is 174 Å². The SMILES string of the molecule is COC(=O)c1cccc(NC(=O)COc2c(I)cc(Cl)c3cccnc23)c1. The fraction of sp³-hybridized carbons (Fsp3) is 0.105. The number of benzene rings is 2. The van der Waals surface area contributed by atoms with Gasteiger partial charge in [0.05, 0.1) is 21.3 Å². The van der Waals surface area contributed by atoms with Crippen molar-refractivity contribution in [1.29, 1.82) is 0 Å². The average Bonchev–Trinajstić information content (AvgIpc) is 2.67. The first-order valence-corrected chi connectivity index (χ1v) is 9.29. The smallest absolute Gasteiger partial charge is 0.337 e. The largest absolute Gasteiger partial charge is 0.480 e. The van der Waals surface area contributed by atoms with Crippen LogP contribution >= 0.6 is 34.2 Å². The molecule has 3 rings (SSSR count). The Hall–Kier alpha value is -2.39. The van der Waals surface area contributed by atoms with E-state index in [1.807, 2.05) is 6.07 Å². The molecule has 138 valence electrons. The molecule has 1 heterocycles. The molecule has 0 atom stereocenters. The van der Waals surface area contributed by atoms with Gasteiger partial charge in [0.25, 0.3) is 5.91 Å². The van der Waals surface area contributed by atoms with Gasteiger partial charge in [-0.2, -0.15) is 0 Å². The predicted molar refractivity (Wildman–Crippen MR) is 111 cm³/mol. The Kier molecular flexibility index (Phi) is 6.12. The van der Waals surface area contributed by atoms with Crippen LogP contribution in [0.1, 0.15) is 10.4 Å². The van der Waals surface area contributed by atoms with Crippen molar-refractivity contribution in [2.45, 2.75) is 0 Å². The van der Waals surface area contributed by atoms with Crippen LogP contribution in [-0.4, -0.2) is 30.6 Å². The highest BCUT2D eigenvalue weighted by molar-refractivity contribution is 14.1. The van der Waals surface area contributed by atoms with E-state index in [4.69, 9.17) is 16.3 Å². The third-order valence-corrected chi connectivity index (χ3v) is 4.78. The molecule has 0 spiro atoms. The molecule has 27 heavy (non-hydrogen) atoms. The molecule has 8 heteroatoms. The molecular weight excluding hydrogens is 483 g/mol. The third-order valence-electron chi connectivity index (χ3n) is 3.67. The molecule has 0 aliphatic carbocycles.